The van der Waals surface area contributed by atoms with Crippen molar-refractivity contribution in [1.82, 2.24) is 5.32 Å². The summed E-state index contributed by atoms with van der Waals surface area (Å²) in [5.41, 5.74) is 1.38. The van der Waals surface area contributed by atoms with Crippen molar-refractivity contribution in [3.05, 3.63) is 58.7 Å². The van der Waals surface area contributed by atoms with Crippen LogP contribution in [0.3, 0.4) is 0 Å². The minimum atomic E-state index is -3.93. The number of rotatable bonds is 6. The second-order valence-electron chi connectivity index (χ2n) is 8.11. The number of nitrogens with zero attached hydrogens (tertiary/aromatic N) is 1. The largest absolute Gasteiger partial charge is 0.494 e. The minimum absolute atomic E-state index is 0.0891. The summed E-state index contributed by atoms with van der Waals surface area (Å²) < 4.78 is 49.6. The van der Waals surface area contributed by atoms with Gasteiger partial charge in [0.15, 0.2) is 0 Å². The molecule has 1 aromatic heterocycles. The maximum Gasteiger partial charge on any atom is 0.262 e. The fraction of sp³-hybridized carbons (Fsp3) is 0.304. The first kappa shape index (κ1) is 23.8. The van der Waals surface area contributed by atoms with Gasteiger partial charge in [-0.05, 0) is 49.7 Å². The van der Waals surface area contributed by atoms with Gasteiger partial charge in [0.05, 0.1) is 27.7 Å². The van der Waals surface area contributed by atoms with Gasteiger partial charge in [-0.25, -0.2) is 12.8 Å². The number of methoxy groups -OCH3 is 1. The molecule has 6 nitrogen and oxygen atoms in total. The van der Waals surface area contributed by atoms with Gasteiger partial charge in [0, 0.05) is 36.1 Å². The van der Waals surface area contributed by atoms with Crippen LogP contribution in [0.1, 0.15) is 13.8 Å². The van der Waals surface area contributed by atoms with Gasteiger partial charge in [0.25, 0.3) is 10.0 Å². The smallest absolute Gasteiger partial charge is 0.262 e. The van der Waals surface area contributed by atoms with Crippen LogP contribution in [-0.2, 0) is 10.0 Å². The lowest BCUT2D eigenvalue weighted by atomic mass is 10.1. The summed E-state index contributed by atoms with van der Waals surface area (Å²) >= 11 is 7.41. The van der Waals surface area contributed by atoms with Gasteiger partial charge < -0.3 is 15.0 Å². The summed E-state index contributed by atoms with van der Waals surface area (Å²) in [6.07, 6.45) is 0. The minimum Gasteiger partial charge on any atom is -0.494 e. The van der Waals surface area contributed by atoms with Gasteiger partial charge >= 0.3 is 0 Å². The van der Waals surface area contributed by atoms with E-state index in [0.29, 0.717) is 23.1 Å². The molecule has 1 saturated heterocycles. The van der Waals surface area contributed by atoms with E-state index in [-0.39, 0.29) is 28.4 Å². The van der Waals surface area contributed by atoms with E-state index in [1.165, 1.54) is 42.7 Å². The average molecular weight is 510 g/mol. The lowest BCUT2D eigenvalue weighted by Crippen LogP contribution is -2.54. The summed E-state index contributed by atoms with van der Waals surface area (Å²) in [6.45, 7) is 5.27. The highest BCUT2D eigenvalue weighted by Gasteiger charge is 2.26. The molecule has 1 aliphatic heterocycles. The molecule has 2 heterocycles. The van der Waals surface area contributed by atoms with Gasteiger partial charge in [0.1, 0.15) is 11.6 Å². The van der Waals surface area contributed by atoms with Crippen LogP contribution in [0.15, 0.2) is 53.4 Å². The Hall–Kier alpha value is -2.33. The van der Waals surface area contributed by atoms with Gasteiger partial charge in [-0.15, -0.1) is 11.3 Å². The van der Waals surface area contributed by atoms with Crippen LogP contribution in [0.4, 0.5) is 15.8 Å². The summed E-state index contributed by atoms with van der Waals surface area (Å²) in [5.74, 6) is -0.351. The van der Waals surface area contributed by atoms with Crippen molar-refractivity contribution in [2.75, 3.05) is 29.8 Å². The maximum atomic E-state index is 14.9. The molecule has 33 heavy (non-hydrogen) atoms. The van der Waals surface area contributed by atoms with Crippen molar-refractivity contribution < 1.29 is 17.5 Å². The van der Waals surface area contributed by atoms with Crippen molar-refractivity contribution in [3.8, 4) is 16.2 Å². The molecule has 4 rings (SSSR count). The zero-order chi connectivity index (χ0) is 23.8. The molecular formula is C23H25ClFN3O3S2. The molecule has 2 N–H and O–H groups in total. The standard InChI is InChI=1S/C23H25ClFN3O3S2/c1-14-12-28(13-15(2)26-14)20-11-19(21(31-3)10-18(20)25)27-33(29,30)17-6-4-16(5-7-17)22-8-9-23(24)32-22/h4-11,14-15,26-27H,12-13H2,1-3H3/t14-,15+. The Morgan fingerprint density at radius 2 is 1.79 bits per heavy atom. The number of piperazine rings is 1. The number of nitrogens with one attached hydrogen (secondary N) is 2. The van der Waals surface area contributed by atoms with E-state index in [1.54, 1.807) is 18.2 Å². The van der Waals surface area contributed by atoms with E-state index in [1.807, 2.05) is 24.8 Å². The van der Waals surface area contributed by atoms with Gasteiger partial charge in [0.2, 0.25) is 0 Å². The Morgan fingerprint density at radius 1 is 1.12 bits per heavy atom. The normalized spacial score (nSPS) is 18.9. The van der Waals surface area contributed by atoms with Crippen LogP contribution in [0.2, 0.25) is 4.34 Å². The Balaban J connectivity index is 1.63. The van der Waals surface area contributed by atoms with Crippen molar-refractivity contribution >= 4 is 44.3 Å². The zero-order valence-corrected chi connectivity index (χ0v) is 20.8. The first-order valence-corrected chi connectivity index (χ1v) is 13.1. The number of thiophene rings is 1. The second-order valence-corrected chi connectivity index (χ2v) is 11.5. The zero-order valence-electron chi connectivity index (χ0n) is 18.4. The molecule has 1 fully saturated rings. The second kappa shape index (κ2) is 9.50. The third-order valence-corrected chi connectivity index (χ3v) is 8.10. The van der Waals surface area contributed by atoms with Crippen LogP contribution in [0.25, 0.3) is 10.4 Å². The summed E-state index contributed by atoms with van der Waals surface area (Å²) in [6, 6.07) is 13.3. The predicted octanol–water partition coefficient (Wildman–Crippen LogP) is 5.20. The van der Waals surface area contributed by atoms with E-state index < -0.39 is 15.8 Å². The highest BCUT2D eigenvalue weighted by atomic mass is 35.5. The number of sulfonamides is 1. The highest BCUT2D eigenvalue weighted by Crippen LogP contribution is 2.35. The number of hydrogen-bond acceptors (Lipinski definition) is 6. The molecule has 0 unspecified atom stereocenters. The van der Waals surface area contributed by atoms with Gasteiger partial charge in [-0.2, -0.15) is 0 Å². The predicted molar refractivity (Wildman–Crippen MR) is 133 cm³/mol. The average Bonchev–Trinajstić information content (AvgIpc) is 3.20. The lowest BCUT2D eigenvalue weighted by molar-refractivity contribution is 0.401. The Labute approximate surface area is 202 Å². The topological polar surface area (TPSA) is 70.7 Å². The number of halogens is 2. The quantitative estimate of drug-likeness (QED) is 0.477. The van der Waals surface area contributed by atoms with Crippen molar-refractivity contribution in [2.24, 2.45) is 0 Å². The lowest BCUT2D eigenvalue weighted by Gasteiger charge is -2.38. The molecule has 0 bridgehead atoms. The summed E-state index contributed by atoms with van der Waals surface area (Å²) in [4.78, 5) is 2.95. The van der Waals surface area contributed by atoms with Crippen LogP contribution in [0, 0.1) is 5.82 Å². The SMILES string of the molecule is COc1cc(F)c(N2C[C@@H](C)N[C@@H](C)C2)cc1NS(=O)(=O)c1ccc(-c2ccc(Cl)s2)cc1. The Morgan fingerprint density at radius 3 is 2.36 bits per heavy atom. The fourth-order valence-electron chi connectivity index (χ4n) is 4.03. The van der Waals surface area contributed by atoms with Gasteiger partial charge in [-0.3, -0.25) is 4.72 Å². The Bertz CT molecular complexity index is 1240. The van der Waals surface area contributed by atoms with E-state index >= 15 is 0 Å². The molecule has 0 aliphatic carbocycles. The molecule has 0 saturated carbocycles. The molecule has 0 radical (unpaired) electrons. The monoisotopic (exact) mass is 509 g/mol. The van der Waals surface area contributed by atoms with E-state index in [4.69, 9.17) is 16.3 Å². The molecule has 0 spiro atoms. The van der Waals surface area contributed by atoms with Crippen molar-refractivity contribution in [1.29, 1.82) is 0 Å². The fourth-order valence-corrected chi connectivity index (χ4v) is 6.14. The molecule has 2 aromatic carbocycles. The molecule has 1 aliphatic rings. The summed E-state index contributed by atoms with van der Waals surface area (Å²) in [5, 5.41) is 3.41. The Kier molecular flexibility index (Phi) is 6.86. The molecule has 176 valence electrons. The highest BCUT2D eigenvalue weighted by molar-refractivity contribution is 7.92. The molecule has 0 amide bonds. The maximum absolute atomic E-state index is 14.9. The van der Waals surface area contributed by atoms with E-state index in [0.717, 1.165) is 10.4 Å². The molecule has 2 atom stereocenters. The summed E-state index contributed by atoms with van der Waals surface area (Å²) in [7, 11) is -2.55. The van der Waals surface area contributed by atoms with E-state index in [9.17, 15) is 12.8 Å². The van der Waals surface area contributed by atoms with Crippen molar-refractivity contribution in [3.63, 3.8) is 0 Å². The van der Waals surface area contributed by atoms with Gasteiger partial charge in [-0.1, -0.05) is 23.7 Å². The molecule has 10 heteroatoms. The number of benzene rings is 2. The van der Waals surface area contributed by atoms with Crippen LogP contribution < -0.4 is 19.7 Å². The van der Waals surface area contributed by atoms with Crippen LogP contribution in [0.5, 0.6) is 5.75 Å². The third kappa shape index (κ3) is 5.27. The molecular weight excluding hydrogens is 485 g/mol. The third-order valence-electron chi connectivity index (χ3n) is 5.43. The first-order valence-electron chi connectivity index (χ1n) is 10.4. The molecule has 3 aromatic rings. The number of hydrogen-bond donors (Lipinski definition) is 2. The van der Waals surface area contributed by atoms with E-state index in [2.05, 4.69) is 10.0 Å². The number of ether oxygens (including phenoxy) is 1. The first-order chi connectivity index (χ1) is 15.7. The van der Waals surface area contributed by atoms with Crippen LogP contribution >= 0.6 is 22.9 Å². The number of anilines is 2. The van der Waals surface area contributed by atoms with Crippen LogP contribution in [-0.4, -0.2) is 40.7 Å². The van der Waals surface area contributed by atoms with Crippen molar-refractivity contribution in [2.45, 2.75) is 30.8 Å².